The molecule has 0 unspecified atom stereocenters. The maximum Gasteiger partial charge on any atom is 0.234 e. The first kappa shape index (κ1) is 20.0. The molecule has 27 heavy (non-hydrogen) atoms. The largest absolute Gasteiger partial charge is 0.323 e. The third-order valence-corrected chi connectivity index (χ3v) is 5.66. The van der Waals surface area contributed by atoms with Crippen molar-refractivity contribution in [2.45, 2.75) is 12.1 Å². The molecule has 1 aromatic heterocycles. The summed E-state index contributed by atoms with van der Waals surface area (Å²) >= 11 is 19.3. The van der Waals surface area contributed by atoms with Gasteiger partial charge < -0.3 is 9.88 Å². The molecule has 2 aromatic carbocycles. The number of anilines is 1. The molecule has 5 nitrogen and oxygen atoms in total. The number of benzene rings is 2. The van der Waals surface area contributed by atoms with Gasteiger partial charge in [-0.15, -0.1) is 10.2 Å². The van der Waals surface area contributed by atoms with Crippen LogP contribution in [0.25, 0.3) is 11.4 Å². The summed E-state index contributed by atoms with van der Waals surface area (Å²) in [7, 11) is 1.87. The highest BCUT2D eigenvalue weighted by Crippen LogP contribution is 2.34. The highest BCUT2D eigenvalue weighted by molar-refractivity contribution is 7.99. The second-order valence-electron chi connectivity index (χ2n) is 5.76. The number of nitrogens with zero attached hydrogens (tertiary/aromatic N) is 3. The van der Waals surface area contributed by atoms with E-state index in [0.717, 1.165) is 17.0 Å². The van der Waals surface area contributed by atoms with Gasteiger partial charge >= 0.3 is 0 Å². The molecule has 0 atom stereocenters. The zero-order valence-electron chi connectivity index (χ0n) is 14.5. The molecular formula is C18H15Cl3N4OS. The van der Waals surface area contributed by atoms with Crippen molar-refractivity contribution in [2.24, 2.45) is 7.05 Å². The van der Waals surface area contributed by atoms with Gasteiger partial charge in [-0.05, 0) is 24.6 Å². The highest BCUT2D eigenvalue weighted by atomic mass is 35.5. The lowest BCUT2D eigenvalue weighted by Gasteiger charge is -2.10. The van der Waals surface area contributed by atoms with E-state index in [0.29, 0.717) is 15.9 Å². The SMILES string of the molecule is Cc1ccccc1-c1nnc(SCC(=O)Nc2c(Cl)cc(Cl)cc2Cl)n1C. The lowest BCUT2D eigenvalue weighted by Crippen LogP contribution is -2.15. The van der Waals surface area contributed by atoms with Crippen LogP contribution >= 0.6 is 46.6 Å². The molecule has 9 heteroatoms. The van der Waals surface area contributed by atoms with Crippen LogP contribution in [0.4, 0.5) is 5.69 Å². The summed E-state index contributed by atoms with van der Waals surface area (Å²) in [6.07, 6.45) is 0. The van der Waals surface area contributed by atoms with E-state index in [1.165, 1.54) is 23.9 Å². The number of hydrogen-bond donors (Lipinski definition) is 1. The Labute approximate surface area is 176 Å². The van der Waals surface area contributed by atoms with Crippen molar-refractivity contribution in [1.29, 1.82) is 0 Å². The minimum absolute atomic E-state index is 0.134. The summed E-state index contributed by atoms with van der Waals surface area (Å²) in [6, 6.07) is 11.0. The molecule has 0 aliphatic rings. The summed E-state index contributed by atoms with van der Waals surface area (Å²) in [6.45, 7) is 2.02. The Kier molecular flexibility index (Phi) is 6.32. The first-order valence-corrected chi connectivity index (χ1v) is 10.0. The molecule has 1 heterocycles. The number of nitrogens with one attached hydrogen (secondary N) is 1. The van der Waals surface area contributed by atoms with Crippen LogP contribution in [0, 0.1) is 6.92 Å². The number of halogens is 3. The number of amides is 1. The molecule has 0 radical (unpaired) electrons. The second-order valence-corrected chi connectivity index (χ2v) is 7.95. The van der Waals surface area contributed by atoms with E-state index >= 15 is 0 Å². The zero-order chi connectivity index (χ0) is 19.6. The third-order valence-electron chi connectivity index (χ3n) is 3.82. The predicted molar refractivity (Wildman–Crippen MR) is 112 cm³/mol. The van der Waals surface area contributed by atoms with Crippen molar-refractivity contribution < 1.29 is 4.79 Å². The van der Waals surface area contributed by atoms with Crippen LogP contribution in [0.1, 0.15) is 5.56 Å². The first-order chi connectivity index (χ1) is 12.9. The van der Waals surface area contributed by atoms with Crippen molar-refractivity contribution in [3.63, 3.8) is 0 Å². The van der Waals surface area contributed by atoms with Crippen molar-refractivity contribution in [3.8, 4) is 11.4 Å². The summed E-state index contributed by atoms with van der Waals surface area (Å²) in [5, 5.41) is 12.7. The van der Waals surface area contributed by atoms with Gasteiger partial charge in [0.1, 0.15) is 0 Å². The van der Waals surface area contributed by atoms with E-state index in [1.54, 1.807) is 0 Å². The monoisotopic (exact) mass is 440 g/mol. The Balaban J connectivity index is 1.69. The second kappa shape index (κ2) is 8.52. The van der Waals surface area contributed by atoms with E-state index in [-0.39, 0.29) is 21.7 Å². The minimum Gasteiger partial charge on any atom is -0.323 e. The van der Waals surface area contributed by atoms with E-state index in [2.05, 4.69) is 15.5 Å². The van der Waals surface area contributed by atoms with Crippen LogP contribution in [0.5, 0.6) is 0 Å². The van der Waals surface area contributed by atoms with Crippen molar-refractivity contribution in [2.75, 3.05) is 11.1 Å². The first-order valence-electron chi connectivity index (χ1n) is 7.89. The lowest BCUT2D eigenvalue weighted by atomic mass is 10.1. The molecule has 0 aliphatic carbocycles. The molecule has 0 saturated heterocycles. The van der Waals surface area contributed by atoms with E-state index in [1.807, 2.05) is 42.8 Å². The maximum absolute atomic E-state index is 12.3. The van der Waals surface area contributed by atoms with Gasteiger partial charge in [0.15, 0.2) is 11.0 Å². The molecule has 0 aliphatic heterocycles. The third kappa shape index (κ3) is 4.58. The quantitative estimate of drug-likeness (QED) is 0.532. The Morgan fingerprint density at radius 2 is 1.81 bits per heavy atom. The number of hydrogen-bond acceptors (Lipinski definition) is 4. The smallest absolute Gasteiger partial charge is 0.234 e. The maximum atomic E-state index is 12.3. The summed E-state index contributed by atoms with van der Waals surface area (Å²) in [5.41, 5.74) is 2.45. The average molecular weight is 442 g/mol. The fourth-order valence-electron chi connectivity index (χ4n) is 2.47. The van der Waals surface area contributed by atoms with Gasteiger partial charge in [-0.2, -0.15) is 0 Å². The molecule has 3 aromatic rings. The fourth-order valence-corrected chi connectivity index (χ4v) is 4.09. The number of aryl methyl sites for hydroxylation is 1. The molecule has 3 rings (SSSR count). The van der Waals surface area contributed by atoms with Crippen molar-refractivity contribution in [1.82, 2.24) is 14.8 Å². The van der Waals surface area contributed by atoms with Gasteiger partial charge in [0.2, 0.25) is 5.91 Å². The topological polar surface area (TPSA) is 59.8 Å². The Hall–Kier alpha value is -1.73. The molecule has 140 valence electrons. The van der Waals surface area contributed by atoms with Gasteiger partial charge in [-0.3, -0.25) is 4.79 Å². The number of carbonyl (C=O) groups is 1. The predicted octanol–water partition coefficient (Wildman–Crippen LogP) is 5.48. The number of rotatable bonds is 5. The normalized spacial score (nSPS) is 10.9. The van der Waals surface area contributed by atoms with Gasteiger partial charge in [0.05, 0.1) is 21.5 Å². The molecule has 1 amide bonds. The summed E-state index contributed by atoms with van der Waals surface area (Å²) in [4.78, 5) is 12.3. The number of aromatic nitrogens is 3. The van der Waals surface area contributed by atoms with Crippen LogP contribution in [0.3, 0.4) is 0 Å². The summed E-state index contributed by atoms with van der Waals surface area (Å²) < 4.78 is 1.86. The van der Waals surface area contributed by atoms with E-state index in [4.69, 9.17) is 34.8 Å². The Bertz CT molecular complexity index is 983. The van der Waals surface area contributed by atoms with E-state index in [9.17, 15) is 4.79 Å². The lowest BCUT2D eigenvalue weighted by molar-refractivity contribution is -0.113. The molecule has 0 spiro atoms. The fraction of sp³-hybridized carbons (Fsp3) is 0.167. The highest BCUT2D eigenvalue weighted by Gasteiger charge is 2.16. The Morgan fingerprint density at radius 3 is 2.48 bits per heavy atom. The average Bonchev–Trinajstić information content (AvgIpc) is 2.97. The number of carbonyl (C=O) groups excluding carboxylic acids is 1. The molecule has 0 fully saturated rings. The molecule has 0 bridgehead atoms. The molecule has 1 N–H and O–H groups in total. The summed E-state index contributed by atoms with van der Waals surface area (Å²) in [5.74, 6) is 0.626. The molecular weight excluding hydrogens is 427 g/mol. The van der Waals surface area contributed by atoms with Crippen molar-refractivity contribution >= 4 is 58.2 Å². The van der Waals surface area contributed by atoms with Crippen LogP contribution in [-0.2, 0) is 11.8 Å². The van der Waals surface area contributed by atoms with Gasteiger partial charge in [-0.25, -0.2) is 0 Å². The number of thioether (sulfide) groups is 1. The van der Waals surface area contributed by atoms with E-state index < -0.39 is 0 Å². The van der Waals surface area contributed by atoms with Gasteiger partial charge in [0.25, 0.3) is 0 Å². The minimum atomic E-state index is -0.258. The van der Waals surface area contributed by atoms with Crippen LogP contribution in [0.15, 0.2) is 41.6 Å². The van der Waals surface area contributed by atoms with Crippen LogP contribution in [-0.4, -0.2) is 26.4 Å². The van der Waals surface area contributed by atoms with Crippen LogP contribution in [0.2, 0.25) is 15.1 Å². The Morgan fingerprint density at radius 1 is 1.15 bits per heavy atom. The van der Waals surface area contributed by atoms with Crippen LogP contribution < -0.4 is 5.32 Å². The molecule has 0 saturated carbocycles. The standard InChI is InChI=1S/C18H15Cl3N4OS/c1-10-5-3-4-6-12(10)17-23-24-18(25(17)2)27-9-15(26)22-16-13(20)7-11(19)8-14(16)21/h3-8H,9H2,1-2H3,(H,22,26). The van der Waals surface area contributed by atoms with Crippen molar-refractivity contribution in [3.05, 3.63) is 57.0 Å². The van der Waals surface area contributed by atoms with Gasteiger partial charge in [0, 0.05) is 17.6 Å². The zero-order valence-corrected chi connectivity index (χ0v) is 17.5. The van der Waals surface area contributed by atoms with Gasteiger partial charge in [-0.1, -0.05) is 70.8 Å².